The molecule has 2 amide bonds. The molecule has 1 aromatic rings. The number of benzene rings is 1. The maximum atomic E-state index is 12.5. The van der Waals surface area contributed by atoms with Crippen molar-refractivity contribution in [1.29, 1.82) is 0 Å². The van der Waals surface area contributed by atoms with Gasteiger partial charge in [-0.05, 0) is 39.0 Å². The number of amides is 2. The lowest BCUT2D eigenvalue weighted by Gasteiger charge is -2.37. The van der Waals surface area contributed by atoms with Crippen molar-refractivity contribution in [3.05, 3.63) is 28.2 Å². The zero-order valence-electron chi connectivity index (χ0n) is 15.4. The Hall–Kier alpha value is -1.34. The van der Waals surface area contributed by atoms with Crippen LogP contribution in [0.25, 0.3) is 0 Å². The Morgan fingerprint density at radius 3 is 2.15 bits per heavy atom. The number of anilines is 1. The van der Waals surface area contributed by atoms with Crippen molar-refractivity contribution in [3.8, 4) is 0 Å². The SMILES string of the molecule is CC(C)NC(=O)CN1CCN([C@@H](C)C(=O)Nc2cc(Cl)cc(Cl)c2)CC1. The van der Waals surface area contributed by atoms with Gasteiger partial charge in [0, 0.05) is 48.0 Å². The predicted molar refractivity (Wildman–Crippen MR) is 106 cm³/mol. The minimum atomic E-state index is -0.278. The first-order chi connectivity index (χ1) is 12.2. The Kier molecular flexibility index (Phi) is 7.70. The fourth-order valence-corrected chi connectivity index (χ4v) is 3.44. The molecule has 0 aromatic heterocycles. The Morgan fingerprint density at radius 2 is 1.62 bits per heavy atom. The van der Waals surface area contributed by atoms with Crippen LogP contribution in [0.5, 0.6) is 0 Å². The molecule has 1 aliphatic heterocycles. The molecule has 2 N–H and O–H groups in total. The van der Waals surface area contributed by atoms with Crippen molar-refractivity contribution in [2.24, 2.45) is 0 Å². The molecule has 1 heterocycles. The molecule has 0 unspecified atom stereocenters. The largest absolute Gasteiger partial charge is 0.353 e. The summed E-state index contributed by atoms with van der Waals surface area (Å²) in [6.45, 7) is 9.15. The predicted octanol–water partition coefficient (Wildman–Crippen LogP) is 2.46. The molecule has 1 fully saturated rings. The number of nitrogens with zero attached hydrogens (tertiary/aromatic N) is 2. The van der Waals surface area contributed by atoms with E-state index in [2.05, 4.69) is 20.4 Å². The smallest absolute Gasteiger partial charge is 0.241 e. The van der Waals surface area contributed by atoms with Gasteiger partial charge >= 0.3 is 0 Å². The summed E-state index contributed by atoms with van der Waals surface area (Å²) in [4.78, 5) is 28.6. The van der Waals surface area contributed by atoms with E-state index < -0.39 is 0 Å². The minimum absolute atomic E-state index is 0.0390. The molecular weight excluding hydrogens is 375 g/mol. The average molecular weight is 401 g/mol. The molecule has 0 radical (unpaired) electrons. The quantitative estimate of drug-likeness (QED) is 0.769. The Bertz CT molecular complexity index is 626. The second-order valence-corrected chi connectivity index (χ2v) is 7.73. The molecule has 1 atom stereocenters. The molecule has 8 heteroatoms. The molecular formula is C18H26Cl2N4O2. The van der Waals surface area contributed by atoms with Crippen LogP contribution in [-0.4, -0.2) is 66.4 Å². The van der Waals surface area contributed by atoms with Crippen molar-refractivity contribution < 1.29 is 9.59 Å². The Morgan fingerprint density at radius 1 is 1.04 bits per heavy atom. The van der Waals surface area contributed by atoms with Gasteiger partial charge in [0.25, 0.3) is 0 Å². The number of piperazine rings is 1. The third-order valence-electron chi connectivity index (χ3n) is 4.28. The molecule has 0 bridgehead atoms. The van der Waals surface area contributed by atoms with Crippen LogP contribution < -0.4 is 10.6 Å². The normalized spacial score (nSPS) is 17.2. The average Bonchev–Trinajstić information content (AvgIpc) is 2.53. The molecule has 1 aromatic carbocycles. The molecule has 1 saturated heterocycles. The van der Waals surface area contributed by atoms with Gasteiger partial charge in [0.15, 0.2) is 0 Å². The highest BCUT2D eigenvalue weighted by molar-refractivity contribution is 6.35. The van der Waals surface area contributed by atoms with Gasteiger partial charge in [0.05, 0.1) is 12.6 Å². The number of nitrogens with one attached hydrogen (secondary N) is 2. The van der Waals surface area contributed by atoms with E-state index >= 15 is 0 Å². The van der Waals surface area contributed by atoms with Gasteiger partial charge in [-0.3, -0.25) is 19.4 Å². The summed E-state index contributed by atoms with van der Waals surface area (Å²) in [6.07, 6.45) is 0. The lowest BCUT2D eigenvalue weighted by molar-refractivity contribution is -0.125. The van der Waals surface area contributed by atoms with Gasteiger partial charge in [-0.2, -0.15) is 0 Å². The lowest BCUT2D eigenvalue weighted by Crippen LogP contribution is -2.54. The van der Waals surface area contributed by atoms with E-state index in [9.17, 15) is 9.59 Å². The monoisotopic (exact) mass is 400 g/mol. The maximum absolute atomic E-state index is 12.5. The van der Waals surface area contributed by atoms with Crippen LogP contribution in [0.2, 0.25) is 10.0 Å². The van der Waals surface area contributed by atoms with Gasteiger partial charge in [0.2, 0.25) is 11.8 Å². The molecule has 144 valence electrons. The number of halogens is 2. The summed E-state index contributed by atoms with van der Waals surface area (Å²) in [7, 11) is 0. The van der Waals surface area contributed by atoms with Crippen LogP contribution in [0.4, 0.5) is 5.69 Å². The lowest BCUT2D eigenvalue weighted by atomic mass is 10.2. The Labute approximate surface area is 164 Å². The second-order valence-electron chi connectivity index (χ2n) is 6.86. The summed E-state index contributed by atoms with van der Waals surface area (Å²) >= 11 is 11.9. The summed E-state index contributed by atoms with van der Waals surface area (Å²) in [5.41, 5.74) is 0.586. The first-order valence-corrected chi connectivity index (χ1v) is 9.53. The third-order valence-corrected chi connectivity index (χ3v) is 4.72. The van der Waals surface area contributed by atoms with E-state index in [0.29, 0.717) is 22.3 Å². The van der Waals surface area contributed by atoms with E-state index in [0.717, 1.165) is 26.2 Å². The number of carbonyl (C=O) groups excluding carboxylic acids is 2. The topological polar surface area (TPSA) is 64.7 Å². The number of carbonyl (C=O) groups is 2. The van der Waals surface area contributed by atoms with E-state index in [-0.39, 0.29) is 23.9 Å². The molecule has 0 saturated carbocycles. The van der Waals surface area contributed by atoms with Crippen LogP contribution in [-0.2, 0) is 9.59 Å². The van der Waals surface area contributed by atoms with Crippen molar-refractivity contribution in [2.75, 3.05) is 38.0 Å². The van der Waals surface area contributed by atoms with Gasteiger partial charge < -0.3 is 10.6 Å². The maximum Gasteiger partial charge on any atom is 0.241 e. The molecule has 1 aliphatic rings. The van der Waals surface area contributed by atoms with Crippen LogP contribution in [0, 0.1) is 0 Å². The van der Waals surface area contributed by atoms with Crippen molar-refractivity contribution in [3.63, 3.8) is 0 Å². The molecule has 26 heavy (non-hydrogen) atoms. The first kappa shape index (κ1) is 21.0. The van der Waals surface area contributed by atoms with Crippen LogP contribution in [0.3, 0.4) is 0 Å². The summed E-state index contributed by atoms with van der Waals surface area (Å²) < 4.78 is 0. The molecule has 6 nitrogen and oxygen atoms in total. The molecule has 0 spiro atoms. The fraction of sp³-hybridized carbons (Fsp3) is 0.556. The fourth-order valence-electron chi connectivity index (χ4n) is 2.92. The van der Waals surface area contributed by atoms with Crippen LogP contribution in [0.1, 0.15) is 20.8 Å². The van der Waals surface area contributed by atoms with Gasteiger partial charge in [-0.1, -0.05) is 23.2 Å². The highest BCUT2D eigenvalue weighted by Gasteiger charge is 2.26. The van der Waals surface area contributed by atoms with Crippen molar-refractivity contribution in [1.82, 2.24) is 15.1 Å². The van der Waals surface area contributed by atoms with E-state index in [4.69, 9.17) is 23.2 Å². The molecule has 2 rings (SSSR count). The highest BCUT2D eigenvalue weighted by atomic mass is 35.5. The Balaban J connectivity index is 1.82. The van der Waals surface area contributed by atoms with Crippen LogP contribution in [0.15, 0.2) is 18.2 Å². The van der Waals surface area contributed by atoms with Crippen molar-refractivity contribution in [2.45, 2.75) is 32.9 Å². The summed E-state index contributed by atoms with van der Waals surface area (Å²) in [5.74, 6) is -0.0635. The van der Waals surface area contributed by atoms with E-state index in [1.807, 2.05) is 20.8 Å². The highest BCUT2D eigenvalue weighted by Crippen LogP contribution is 2.22. The summed E-state index contributed by atoms with van der Waals surface area (Å²) in [6, 6.07) is 4.83. The molecule has 0 aliphatic carbocycles. The number of hydrogen-bond donors (Lipinski definition) is 2. The van der Waals surface area contributed by atoms with Gasteiger partial charge in [-0.15, -0.1) is 0 Å². The van der Waals surface area contributed by atoms with Gasteiger partial charge in [-0.25, -0.2) is 0 Å². The number of hydrogen-bond acceptors (Lipinski definition) is 4. The number of rotatable bonds is 6. The minimum Gasteiger partial charge on any atom is -0.353 e. The third kappa shape index (κ3) is 6.43. The van der Waals surface area contributed by atoms with E-state index in [1.54, 1.807) is 18.2 Å². The standard InChI is InChI=1S/C18H26Cl2N4O2/c1-12(2)21-17(25)11-23-4-6-24(7-5-23)13(3)18(26)22-16-9-14(19)8-15(20)10-16/h8-10,12-13H,4-7,11H2,1-3H3,(H,21,25)(H,22,26)/t13-/m0/s1. The zero-order valence-corrected chi connectivity index (χ0v) is 16.9. The first-order valence-electron chi connectivity index (χ1n) is 8.77. The van der Waals surface area contributed by atoms with Crippen molar-refractivity contribution >= 4 is 40.7 Å². The second kappa shape index (κ2) is 9.55. The zero-order chi connectivity index (χ0) is 19.3. The van der Waals surface area contributed by atoms with Crippen LogP contribution >= 0.6 is 23.2 Å². The van der Waals surface area contributed by atoms with Gasteiger partial charge in [0.1, 0.15) is 0 Å². The summed E-state index contributed by atoms with van der Waals surface area (Å²) in [5, 5.41) is 6.72. The van der Waals surface area contributed by atoms with E-state index in [1.165, 1.54) is 0 Å².